The van der Waals surface area contributed by atoms with E-state index in [0.717, 1.165) is 11.3 Å². The van der Waals surface area contributed by atoms with Crippen LogP contribution in [0, 0.1) is 6.92 Å². The standard InChI is InChI=1S/C14H16N2O2/c1-9(2)13-7-14(16-8-15-13)18-12-5-10(3)4-11(17)6-12/h4-9,17H,1-3H3. The Labute approximate surface area is 106 Å². The van der Waals surface area contributed by atoms with E-state index in [1.54, 1.807) is 12.1 Å². The van der Waals surface area contributed by atoms with E-state index in [1.165, 1.54) is 6.33 Å². The quantitative estimate of drug-likeness (QED) is 0.899. The Kier molecular flexibility index (Phi) is 3.46. The number of hydrogen-bond acceptors (Lipinski definition) is 4. The second-order valence-electron chi connectivity index (χ2n) is 4.54. The molecule has 18 heavy (non-hydrogen) atoms. The summed E-state index contributed by atoms with van der Waals surface area (Å²) < 4.78 is 5.62. The number of aromatic nitrogens is 2. The Hall–Kier alpha value is -2.10. The molecule has 2 aromatic rings. The summed E-state index contributed by atoms with van der Waals surface area (Å²) in [5.74, 6) is 1.56. The predicted octanol–water partition coefficient (Wildman–Crippen LogP) is 3.41. The van der Waals surface area contributed by atoms with Gasteiger partial charge < -0.3 is 9.84 Å². The molecule has 0 bridgehead atoms. The average Bonchev–Trinajstić information content (AvgIpc) is 2.27. The fourth-order valence-corrected chi connectivity index (χ4v) is 1.63. The molecular weight excluding hydrogens is 228 g/mol. The molecule has 0 saturated heterocycles. The van der Waals surface area contributed by atoms with Crippen LogP contribution in [0.1, 0.15) is 31.0 Å². The van der Waals surface area contributed by atoms with Gasteiger partial charge in [0.25, 0.3) is 0 Å². The van der Waals surface area contributed by atoms with Gasteiger partial charge in [-0.3, -0.25) is 0 Å². The lowest BCUT2D eigenvalue weighted by Gasteiger charge is -2.08. The van der Waals surface area contributed by atoms with Crippen LogP contribution >= 0.6 is 0 Å². The van der Waals surface area contributed by atoms with Crippen molar-refractivity contribution in [1.29, 1.82) is 0 Å². The number of benzene rings is 1. The molecule has 0 atom stereocenters. The van der Waals surface area contributed by atoms with Crippen molar-refractivity contribution in [3.8, 4) is 17.4 Å². The van der Waals surface area contributed by atoms with E-state index in [4.69, 9.17) is 4.74 Å². The summed E-state index contributed by atoms with van der Waals surface area (Å²) in [5, 5.41) is 9.50. The zero-order valence-electron chi connectivity index (χ0n) is 10.7. The van der Waals surface area contributed by atoms with Gasteiger partial charge in [-0.2, -0.15) is 0 Å². The number of aryl methyl sites for hydroxylation is 1. The highest BCUT2D eigenvalue weighted by Crippen LogP contribution is 2.26. The molecule has 0 aliphatic rings. The Morgan fingerprint density at radius 1 is 1.11 bits per heavy atom. The molecule has 0 spiro atoms. The fraction of sp³-hybridized carbons (Fsp3) is 0.286. The molecule has 1 aromatic heterocycles. The first-order chi connectivity index (χ1) is 8.54. The third-order valence-corrected chi connectivity index (χ3v) is 2.51. The van der Waals surface area contributed by atoms with Gasteiger partial charge in [-0.1, -0.05) is 13.8 Å². The summed E-state index contributed by atoms with van der Waals surface area (Å²) in [4.78, 5) is 8.24. The van der Waals surface area contributed by atoms with Crippen molar-refractivity contribution in [1.82, 2.24) is 9.97 Å². The molecule has 0 fully saturated rings. The number of phenolic OH excluding ortho intramolecular Hbond substituents is 1. The molecule has 1 N–H and O–H groups in total. The van der Waals surface area contributed by atoms with Gasteiger partial charge in [0.15, 0.2) is 0 Å². The summed E-state index contributed by atoms with van der Waals surface area (Å²) in [6.45, 7) is 6.02. The van der Waals surface area contributed by atoms with Crippen LogP contribution < -0.4 is 4.74 Å². The van der Waals surface area contributed by atoms with E-state index >= 15 is 0 Å². The van der Waals surface area contributed by atoms with Crippen LogP contribution in [0.15, 0.2) is 30.6 Å². The molecule has 0 aliphatic carbocycles. The first-order valence-corrected chi connectivity index (χ1v) is 5.85. The third kappa shape index (κ3) is 2.97. The van der Waals surface area contributed by atoms with Crippen molar-refractivity contribution >= 4 is 0 Å². The number of rotatable bonds is 3. The number of aromatic hydroxyl groups is 1. The molecule has 0 unspecified atom stereocenters. The van der Waals surface area contributed by atoms with Gasteiger partial charge in [0.2, 0.25) is 5.88 Å². The van der Waals surface area contributed by atoms with Gasteiger partial charge in [0.1, 0.15) is 17.8 Å². The molecule has 4 nitrogen and oxygen atoms in total. The van der Waals surface area contributed by atoms with Crippen molar-refractivity contribution < 1.29 is 9.84 Å². The molecule has 0 amide bonds. The normalized spacial score (nSPS) is 10.7. The molecule has 1 heterocycles. The van der Waals surface area contributed by atoms with Crippen LogP contribution in [0.25, 0.3) is 0 Å². The van der Waals surface area contributed by atoms with E-state index in [-0.39, 0.29) is 5.75 Å². The van der Waals surface area contributed by atoms with Gasteiger partial charge in [-0.25, -0.2) is 9.97 Å². The first kappa shape index (κ1) is 12.4. The summed E-state index contributed by atoms with van der Waals surface area (Å²) in [7, 11) is 0. The maximum atomic E-state index is 9.50. The molecule has 0 saturated carbocycles. The van der Waals surface area contributed by atoms with E-state index in [2.05, 4.69) is 23.8 Å². The highest BCUT2D eigenvalue weighted by molar-refractivity contribution is 5.38. The minimum absolute atomic E-state index is 0.183. The van der Waals surface area contributed by atoms with E-state index in [1.807, 2.05) is 19.1 Å². The molecule has 0 aliphatic heterocycles. The molecule has 0 radical (unpaired) electrons. The Morgan fingerprint density at radius 2 is 1.89 bits per heavy atom. The maximum Gasteiger partial charge on any atom is 0.222 e. The van der Waals surface area contributed by atoms with Crippen molar-refractivity contribution in [3.63, 3.8) is 0 Å². The molecule has 2 rings (SSSR count). The van der Waals surface area contributed by atoms with Crippen LogP contribution in [0.2, 0.25) is 0 Å². The summed E-state index contributed by atoms with van der Waals surface area (Å²) in [5.41, 5.74) is 1.86. The first-order valence-electron chi connectivity index (χ1n) is 5.85. The monoisotopic (exact) mass is 244 g/mol. The van der Waals surface area contributed by atoms with Crippen LogP contribution in [-0.2, 0) is 0 Å². The molecule has 1 aromatic carbocycles. The highest BCUT2D eigenvalue weighted by atomic mass is 16.5. The van der Waals surface area contributed by atoms with Gasteiger partial charge in [-0.05, 0) is 30.5 Å². The lowest BCUT2D eigenvalue weighted by Crippen LogP contribution is -1.96. The number of phenols is 1. The summed E-state index contributed by atoms with van der Waals surface area (Å²) in [6.07, 6.45) is 1.49. The largest absolute Gasteiger partial charge is 0.508 e. The van der Waals surface area contributed by atoms with Crippen LogP contribution in [0.5, 0.6) is 17.4 Å². The maximum absolute atomic E-state index is 9.50. The third-order valence-electron chi connectivity index (χ3n) is 2.51. The van der Waals surface area contributed by atoms with E-state index < -0.39 is 0 Å². The zero-order valence-corrected chi connectivity index (χ0v) is 10.7. The topological polar surface area (TPSA) is 55.2 Å². The zero-order chi connectivity index (χ0) is 13.1. The van der Waals surface area contributed by atoms with Crippen molar-refractivity contribution in [2.75, 3.05) is 0 Å². The minimum atomic E-state index is 0.183. The smallest absolute Gasteiger partial charge is 0.222 e. The van der Waals surface area contributed by atoms with Gasteiger partial charge in [-0.15, -0.1) is 0 Å². The SMILES string of the molecule is Cc1cc(O)cc(Oc2cc(C(C)C)ncn2)c1. The van der Waals surface area contributed by atoms with Crippen molar-refractivity contribution in [3.05, 3.63) is 41.9 Å². The number of hydrogen-bond donors (Lipinski definition) is 1. The summed E-state index contributed by atoms with van der Waals surface area (Å²) >= 11 is 0. The number of ether oxygens (including phenoxy) is 1. The lowest BCUT2D eigenvalue weighted by molar-refractivity contribution is 0.443. The second kappa shape index (κ2) is 5.04. The van der Waals surface area contributed by atoms with Crippen molar-refractivity contribution in [2.24, 2.45) is 0 Å². The van der Waals surface area contributed by atoms with E-state index in [0.29, 0.717) is 17.5 Å². The molecule has 94 valence electrons. The average molecular weight is 244 g/mol. The van der Waals surface area contributed by atoms with Crippen LogP contribution in [0.4, 0.5) is 0 Å². The Bertz CT molecular complexity index is 533. The molecule has 4 heteroatoms. The summed E-state index contributed by atoms with van der Waals surface area (Å²) in [6, 6.07) is 6.89. The number of nitrogens with zero attached hydrogens (tertiary/aromatic N) is 2. The second-order valence-corrected chi connectivity index (χ2v) is 4.54. The van der Waals surface area contributed by atoms with Crippen molar-refractivity contribution in [2.45, 2.75) is 26.7 Å². The van der Waals surface area contributed by atoms with Gasteiger partial charge in [0, 0.05) is 12.1 Å². The van der Waals surface area contributed by atoms with Crippen LogP contribution in [-0.4, -0.2) is 15.1 Å². The Morgan fingerprint density at radius 3 is 2.56 bits per heavy atom. The van der Waals surface area contributed by atoms with E-state index in [9.17, 15) is 5.11 Å². The Balaban J connectivity index is 2.25. The van der Waals surface area contributed by atoms with Crippen LogP contribution in [0.3, 0.4) is 0 Å². The van der Waals surface area contributed by atoms with Gasteiger partial charge in [0.05, 0.1) is 5.69 Å². The molecular formula is C14H16N2O2. The predicted molar refractivity (Wildman–Crippen MR) is 69.0 cm³/mol. The lowest BCUT2D eigenvalue weighted by atomic mass is 10.1. The van der Waals surface area contributed by atoms with Gasteiger partial charge >= 0.3 is 0 Å². The highest BCUT2D eigenvalue weighted by Gasteiger charge is 2.06. The fourth-order valence-electron chi connectivity index (χ4n) is 1.63. The minimum Gasteiger partial charge on any atom is -0.508 e.